The van der Waals surface area contributed by atoms with Crippen LogP contribution < -0.4 is 10.6 Å². The van der Waals surface area contributed by atoms with Gasteiger partial charge >= 0.3 is 0 Å². The maximum absolute atomic E-state index is 12.2. The number of aromatic nitrogens is 1. The lowest BCUT2D eigenvalue weighted by molar-refractivity contribution is -0.116. The molecule has 2 aromatic carbocycles. The number of hydrogen-bond acceptors (Lipinski definition) is 3. The van der Waals surface area contributed by atoms with Crippen LogP contribution >= 0.6 is 23.2 Å². The minimum atomic E-state index is -0.248. The maximum atomic E-state index is 12.2. The van der Waals surface area contributed by atoms with E-state index in [-0.39, 0.29) is 11.8 Å². The van der Waals surface area contributed by atoms with E-state index in [0.717, 1.165) is 11.1 Å². The van der Waals surface area contributed by atoms with E-state index in [4.69, 9.17) is 23.2 Å². The van der Waals surface area contributed by atoms with E-state index < -0.39 is 0 Å². The Morgan fingerprint density at radius 2 is 1.76 bits per heavy atom. The second kappa shape index (κ2) is 9.87. The summed E-state index contributed by atoms with van der Waals surface area (Å²) in [6, 6.07) is 15.7. The number of amides is 2. The first-order valence-electron chi connectivity index (χ1n) is 8.72. The number of carbonyl (C=O) groups excluding carboxylic acids is 2. The van der Waals surface area contributed by atoms with E-state index in [1.807, 2.05) is 18.2 Å². The monoisotopic (exact) mass is 425 g/mol. The van der Waals surface area contributed by atoms with Crippen LogP contribution in [0.3, 0.4) is 0 Å². The summed E-state index contributed by atoms with van der Waals surface area (Å²) in [5.41, 5.74) is 2.79. The van der Waals surface area contributed by atoms with Gasteiger partial charge in [-0.2, -0.15) is 0 Å². The standard InChI is InChI=1S/C22H17Cl2N3O2/c23-19-6-4-15(13-20(19)24)5-7-21(28)26-14-16-2-1-3-18(12-16)27-22(29)17-8-10-25-11-9-17/h1-13H,14H2,(H,26,28)(H,27,29)/b7-5+. The lowest BCUT2D eigenvalue weighted by Crippen LogP contribution is -2.20. The molecule has 3 aromatic rings. The van der Waals surface area contributed by atoms with Gasteiger partial charge in [0.15, 0.2) is 0 Å². The van der Waals surface area contributed by atoms with Crippen LogP contribution in [0.25, 0.3) is 6.08 Å². The molecule has 0 saturated heterocycles. The minimum absolute atomic E-state index is 0.224. The molecule has 29 heavy (non-hydrogen) atoms. The normalized spacial score (nSPS) is 10.7. The number of benzene rings is 2. The molecular formula is C22H17Cl2N3O2. The number of hydrogen-bond donors (Lipinski definition) is 2. The van der Waals surface area contributed by atoms with Crippen molar-refractivity contribution in [2.75, 3.05) is 5.32 Å². The summed E-state index contributed by atoms with van der Waals surface area (Å²) in [5, 5.41) is 6.52. The predicted molar refractivity (Wildman–Crippen MR) is 116 cm³/mol. The molecule has 0 atom stereocenters. The third-order valence-corrected chi connectivity index (χ3v) is 4.70. The van der Waals surface area contributed by atoms with Crippen LogP contribution in [0, 0.1) is 0 Å². The largest absolute Gasteiger partial charge is 0.348 e. The highest BCUT2D eigenvalue weighted by Gasteiger charge is 2.06. The number of anilines is 1. The Labute approximate surface area is 178 Å². The first-order valence-corrected chi connectivity index (χ1v) is 9.48. The van der Waals surface area contributed by atoms with Gasteiger partial charge in [-0.25, -0.2) is 0 Å². The molecule has 0 aliphatic carbocycles. The fourth-order valence-electron chi connectivity index (χ4n) is 2.50. The maximum Gasteiger partial charge on any atom is 0.255 e. The van der Waals surface area contributed by atoms with E-state index in [9.17, 15) is 9.59 Å². The molecule has 0 spiro atoms. The summed E-state index contributed by atoms with van der Waals surface area (Å²) < 4.78 is 0. The van der Waals surface area contributed by atoms with Crippen LogP contribution in [0.15, 0.2) is 73.1 Å². The predicted octanol–water partition coefficient (Wildman–Crippen LogP) is 4.97. The van der Waals surface area contributed by atoms with Gasteiger partial charge in [-0.05, 0) is 53.6 Å². The Morgan fingerprint density at radius 3 is 2.52 bits per heavy atom. The molecule has 7 heteroatoms. The van der Waals surface area contributed by atoms with Crippen LogP contribution in [-0.4, -0.2) is 16.8 Å². The molecule has 2 N–H and O–H groups in total. The van der Waals surface area contributed by atoms with Crippen molar-refractivity contribution in [2.45, 2.75) is 6.54 Å². The molecule has 0 aliphatic heterocycles. The molecule has 5 nitrogen and oxygen atoms in total. The number of pyridine rings is 1. The van der Waals surface area contributed by atoms with Crippen molar-refractivity contribution < 1.29 is 9.59 Å². The number of nitrogens with zero attached hydrogens (tertiary/aromatic N) is 1. The van der Waals surface area contributed by atoms with E-state index in [1.165, 1.54) is 6.08 Å². The average Bonchev–Trinajstić information content (AvgIpc) is 2.74. The highest BCUT2D eigenvalue weighted by atomic mass is 35.5. The lowest BCUT2D eigenvalue weighted by Gasteiger charge is -2.08. The summed E-state index contributed by atoms with van der Waals surface area (Å²) in [6.45, 7) is 0.323. The molecule has 1 aromatic heterocycles. The van der Waals surface area contributed by atoms with Gasteiger partial charge in [-0.15, -0.1) is 0 Å². The third-order valence-electron chi connectivity index (χ3n) is 3.96. The zero-order valence-corrected chi connectivity index (χ0v) is 16.7. The molecule has 0 bridgehead atoms. The van der Waals surface area contributed by atoms with Gasteiger partial charge < -0.3 is 10.6 Å². The molecular weight excluding hydrogens is 409 g/mol. The van der Waals surface area contributed by atoms with Crippen LogP contribution in [0.4, 0.5) is 5.69 Å². The zero-order chi connectivity index (χ0) is 20.6. The molecule has 0 unspecified atom stereocenters. The van der Waals surface area contributed by atoms with Gasteiger partial charge in [0.05, 0.1) is 10.0 Å². The quantitative estimate of drug-likeness (QED) is 0.547. The second-order valence-corrected chi connectivity index (χ2v) is 6.93. The summed E-state index contributed by atoms with van der Waals surface area (Å²) in [5.74, 6) is -0.472. The van der Waals surface area contributed by atoms with E-state index in [1.54, 1.807) is 54.9 Å². The van der Waals surface area contributed by atoms with Crippen molar-refractivity contribution in [3.05, 3.63) is 99.8 Å². The van der Waals surface area contributed by atoms with Crippen molar-refractivity contribution in [3.63, 3.8) is 0 Å². The first-order chi connectivity index (χ1) is 14.0. The summed E-state index contributed by atoms with van der Waals surface area (Å²) in [6.07, 6.45) is 6.20. The molecule has 2 amide bonds. The second-order valence-electron chi connectivity index (χ2n) is 6.12. The van der Waals surface area contributed by atoms with Crippen molar-refractivity contribution in [1.29, 1.82) is 0 Å². The fraction of sp³-hybridized carbons (Fsp3) is 0.0455. The summed E-state index contributed by atoms with van der Waals surface area (Å²) in [4.78, 5) is 28.2. The van der Waals surface area contributed by atoms with Crippen LogP contribution in [0.1, 0.15) is 21.5 Å². The minimum Gasteiger partial charge on any atom is -0.348 e. The summed E-state index contributed by atoms with van der Waals surface area (Å²) >= 11 is 11.8. The highest BCUT2D eigenvalue weighted by Crippen LogP contribution is 2.23. The summed E-state index contributed by atoms with van der Waals surface area (Å²) in [7, 11) is 0. The lowest BCUT2D eigenvalue weighted by atomic mass is 10.2. The Bertz CT molecular complexity index is 1050. The zero-order valence-electron chi connectivity index (χ0n) is 15.2. The molecule has 146 valence electrons. The first kappa shape index (κ1) is 20.6. The molecule has 0 saturated carbocycles. The van der Waals surface area contributed by atoms with E-state index in [2.05, 4.69) is 15.6 Å². The molecule has 1 heterocycles. The Balaban J connectivity index is 1.56. The van der Waals surface area contributed by atoms with Crippen LogP contribution in [0.5, 0.6) is 0 Å². The fourth-order valence-corrected chi connectivity index (χ4v) is 2.81. The Hall–Kier alpha value is -3.15. The number of carbonyl (C=O) groups is 2. The molecule has 0 fully saturated rings. The van der Waals surface area contributed by atoms with Crippen molar-refractivity contribution in [3.8, 4) is 0 Å². The number of nitrogens with one attached hydrogen (secondary N) is 2. The van der Waals surface area contributed by atoms with Crippen LogP contribution in [0.2, 0.25) is 10.0 Å². The van der Waals surface area contributed by atoms with E-state index >= 15 is 0 Å². The van der Waals surface area contributed by atoms with Crippen molar-refractivity contribution >= 4 is 46.8 Å². The number of rotatable bonds is 6. The van der Waals surface area contributed by atoms with Gasteiger partial charge in [-0.3, -0.25) is 14.6 Å². The topological polar surface area (TPSA) is 71.1 Å². The van der Waals surface area contributed by atoms with Crippen molar-refractivity contribution in [2.24, 2.45) is 0 Å². The molecule has 0 radical (unpaired) electrons. The Kier molecular flexibility index (Phi) is 7.00. The van der Waals surface area contributed by atoms with Gasteiger partial charge in [-0.1, -0.05) is 41.4 Å². The third kappa shape index (κ3) is 6.17. The van der Waals surface area contributed by atoms with Crippen LogP contribution in [-0.2, 0) is 11.3 Å². The smallest absolute Gasteiger partial charge is 0.255 e. The van der Waals surface area contributed by atoms with Gasteiger partial charge in [0.1, 0.15) is 0 Å². The molecule has 0 aliphatic rings. The Morgan fingerprint density at radius 1 is 0.966 bits per heavy atom. The highest BCUT2D eigenvalue weighted by molar-refractivity contribution is 6.42. The van der Waals surface area contributed by atoms with Crippen molar-refractivity contribution in [1.82, 2.24) is 10.3 Å². The van der Waals surface area contributed by atoms with Gasteiger partial charge in [0, 0.05) is 36.3 Å². The number of halogens is 2. The SMILES string of the molecule is O=C(/C=C/c1ccc(Cl)c(Cl)c1)NCc1cccc(NC(=O)c2ccncc2)c1. The van der Waals surface area contributed by atoms with Gasteiger partial charge in [0.2, 0.25) is 5.91 Å². The average molecular weight is 426 g/mol. The van der Waals surface area contributed by atoms with Gasteiger partial charge in [0.25, 0.3) is 5.91 Å². The molecule has 3 rings (SSSR count). The van der Waals surface area contributed by atoms with E-state index in [0.29, 0.717) is 27.8 Å².